The predicted octanol–water partition coefficient (Wildman–Crippen LogP) is 3.22. The second-order valence-electron chi connectivity index (χ2n) is 4.59. The van der Waals surface area contributed by atoms with Crippen LogP contribution in [-0.2, 0) is 14.3 Å². The van der Waals surface area contributed by atoms with E-state index in [-0.39, 0.29) is 17.9 Å². The summed E-state index contributed by atoms with van der Waals surface area (Å²) in [7, 11) is 0. The third kappa shape index (κ3) is 5.89. The maximum absolute atomic E-state index is 11.2. The summed E-state index contributed by atoms with van der Waals surface area (Å²) in [6.45, 7) is 2.18. The van der Waals surface area contributed by atoms with Crippen LogP contribution >= 0.6 is 0 Å². The van der Waals surface area contributed by atoms with E-state index in [2.05, 4.69) is 6.92 Å². The molecule has 92 valence electrons. The Hall–Kier alpha value is -0.860. The molecule has 0 aromatic carbocycles. The van der Waals surface area contributed by atoms with Gasteiger partial charge in [-0.15, -0.1) is 0 Å². The lowest BCUT2D eigenvalue weighted by Crippen LogP contribution is -2.13. The van der Waals surface area contributed by atoms with Gasteiger partial charge in [0.25, 0.3) is 0 Å². The molecule has 0 aromatic rings. The molecule has 0 unspecified atom stereocenters. The Labute approximate surface area is 97.5 Å². The van der Waals surface area contributed by atoms with Crippen LogP contribution in [0.5, 0.6) is 0 Å². The number of hydrogen-bond acceptors (Lipinski definition) is 3. The fourth-order valence-electron chi connectivity index (χ4n) is 1.62. The van der Waals surface area contributed by atoms with Crippen molar-refractivity contribution < 1.29 is 14.3 Å². The van der Waals surface area contributed by atoms with Crippen molar-refractivity contribution in [1.29, 1.82) is 0 Å². The van der Waals surface area contributed by atoms with E-state index in [0.717, 1.165) is 25.7 Å². The molecule has 0 radical (unpaired) electrons. The van der Waals surface area contributed by atoms with Crippen molar-refractivity contribution in [3.05, 3.63) is 0 Å². The van der Waals surface area contributed by atoms with Crippen LogP contribution in [0.2, 0.25) is 0 Å². The zero-order valence-electron chi connectivity index (χ0n) is 10.2. The van der Waals surface area contributed by atoms with E-state index in [1.165, 1.54) is 25.7 Å². The Morgan fingerprint density at radius 2 is 1.69 bits per heavy atom. The van der Waals surface area contributed by atoms with Crippen LogP contribution in [0.3, 0.4) is 0 Å². The largest absolute Gasteiger partial charge is 0.393 e. The molecule has 1 aliphatic carbocycles. The van der Waals surface area contributed by atoms with E-state index in [1.807, 2.05) is 0 Å². The average molecular weight is 226 g/mol. The van der Waals surface area contributed by atoms with E-state index in [1.54, 1.807) is 0 Å². The van der Waals surface area contributed by atoms with Crippen molar-refractivity contribution in [2.75, 3.05) is 0 Å². The minimum Gasteiger partial charge on any atom is -0.393 e. The van der Waals surface area contributed by atoms with Gasteiger partial charge in [-0.3, -0.25) is 9.59 Å². The third-order valence-electron chi connectivity index (χ3n) is 2.86. The smallest absolute Gasteiger partial charge is 0.316 e. The highest BCUT2D eigenvalue weighted by Gasteiger charge is 2.32. The summed E-state index contributed by atoms with van der Waals surface area (Å²) in [5.41, 5.74) is 0. The summed E-state index contributed by atoms with van der Waals surface area (Å²) in [5, 5.41) is 0. The van der Waals surface area contributed by atoms with Gasteiger partial charge in [0.2, 0.25) is 0 Å². The quantitative estimate of drug-likeness (QED) is 0.362. The molecular formula is C13H22O3. The summed E-state index contributed by atoms with van der Waals surface area (Å²) >= 11 is 0. The molecule has 1 fully saturated rings. The number of ether oxygens (including phenoxy) is 1. The number of esters is 2. The van der Waals surface area contributed by atoms with Crippen molar-refractivity contribution in [2.24, 2.45) is 5.92 Å². The molecule has 0 amide bonds. The van der Waals surface area contributed by atoms with E-state index < -0.39 is 0 Å². The Balaban J connectivity index is 1.91. The van der Waals surface area contributed by atoms with E-state index in [0.29, 0.717) is 6.42 Å². The molecule has 3 nitrogen and oxygen atoms in total. The Bertz CT molecular complexity index is 231. The lowest BCUT2D eigenvalue weighted by molar-refractivity contribution is -0.160. The molecule has 0 saturated heterocycles. The lowest BCUT2D eigenvalue weighted by Gasteiger charge is -2.02. The highest BCUT2D eigenvalue weighted by molar-refractivity contribution is 5.87. The maximum atomic E-state index is 11.2. The summed E-state index contributed by atoms with van der Waals surface area (Å²) < 4.78 is 4.72. The highest BCUT2D eigenvalue weighted by Crippen LogP contribution is 2.30. The molecule has 0 N–H and O–H groups in total. The van der Waals surface area contributed by atoms with Crippen molar-refractivity contribution in [2.45, 2.75) is 64.7 Å². The van der Waals surface area contributed by atoms with Gasteiger partial charge in [0.05, 0.1) is 5.92 Å². The van der Waals surface area contributed by atoms with Gasteiger partial charge in [0, 0.05) is 6.42 Å². The molecule has 0 bridgehead atoms. The lowest BCUT2D eigenvalue weighted by atomic mass is 10.1. The molecular weight excluding hydrogens is 204 g/mol. The van der Waals surface area contributed by atoms with Gasteiger partial charge in [-0.1, -0.05) is 39.0 Å². The maximum Gasteiger partial charge on any atom is 0.316 e. The number of hydrogen-bond donors (Lipinski definition) is 0. The van der Waals surface area contributed by atoms with Gasteiger partial charge < -0.3 is 4.74 Å². The molecule has 1 saturated carbocycles. The van der Waals surface area contributed by atoms with Crippen LogP contribution in [0.4, 0.5) is 0 Å². The third-order valence-corrected chi connectivity index (χ3v) is 2.86. The van der Waals surface area contributed by atoms with Gasteiger partial charge in [0.15, 0.2) is 0 Å². The first-order valence-electron chi connectivity index (χ1n) is 6.48. The van der Waals surface area contributed by atoms with Crippen molar-refractivity contribution >= 4 is 11.9 Å². The molecule has 0 atom stereocenters. The first-order chi connectivity index (χ1) is 7.74. The average Bonchev–Trinajstić information content (AvgIpc) is 3.06. The first-order valence-corrected chi connectivity index (χ1v) is 6.48. The Morgan fingerprint density at radius 3 is 2.31 bits per heavy atom. The van der Waals surface area contributed by atoms with E-state index in [9.17, 15) is 9.59 Å². The minimum absolute atomic E-state index is 0.0218. The zero-order valence-corrected chi connectivity index (χ0v) is 10.2. The van der Waals surface area contributed by atoms with Crippen LogP contribution in [-0.4, -0.2) is 11.9 Å². The van der Waals surface area contributed by atoms with Crippen LogP contribution in [0.1, 0.15) is 64.7 Å². The van der Waals surface area contributed by atoms with Gasteiger partial charge >= 0.3 is 11.9 Å². The molecule has 3 heteroatoms. The minimum atomic E-state index is -0.340. The molecule has 1 aliphatic rings. The number of carbonyl (C=O) groups excluding carboxylic acids is 2. The second kappa shape index (κ2) is 7.42. The van der Waals surface area contributed by atoms with Gasteiger partial charge in [-0.2, -0.15) is 0 Å². The van der Waals surface area contributed by atoms with Crippen molar-refractivity contribution in [3.8, 4) is 0 Å². The van der Waals surface area contributed by atoms with Crippen LogP contribution in [0.15, 0.2) is 0 Å². The monoisotopic (exact) mass is 226 g/mol. The summed E-state index contributed by atoms with van der Waals surface area (Å²) in [6.07, 6.45) is 9.01. The fraction of sp³-hybridized carbons (Fsp3) is 0.846. The molecule has 1 rings (SSSR count). The normalized spacial score (nSPS) is 14.8. The molecule has 0 spiro atoms. The second-order valence-corrected chi connectivity index (χ2v) is 4.59. The Morgan fingerprint density at radius 1 is 1.06 bits per heavy atom. The highest BCUT2D eigenvalue weighted by atomic mass is 16.6. The van der Waals surface area contributed by atoms with E-state index in [4.69, 9.17) is 4.74 Å². The zero-order chi connectivity index (χ0) is 11.8. The number of carbonyl (C=O) groups is 2. The number of rotatable bonds is 8. The fourth-order valence-corrected chi connectivity index (χ4v) is 1.62. The SMILES string of the molecule is CCCCCCCCC(=O)OC(=O)C1CC1. The summed E-state index contributed by atoms with van der Waals surface area (Å²) in [6, 6.07) is 0. The van der Waals surface area contributed by atoms with Crippen molar-refractivity contribution in [3.63, 3.8) is 0 Å². The van der Waals surface area contributed by atoms with Crippen molar-refractivity contribution in [1.82, 2.24) is 0 Å². The van der Waals surface area contributed by atoms with Crippen LogP contribution in [0.25, 0.3) is 0 Å². The molecule has 16 heavy (non-hydrogen) atoms. The molecule has 0 aromatic heterocycles. The van der Waals surface area contributed by atoms with E-state index >= 15 is 0 Å². The van der Waals surface area contributed by atoms with Gasteiger partial charge in [0.1, 0.15) is 0 Å². The molecule has 0 aliphatic heterocycles. The molecule has 0 heterocycles. The van der Waals surface area contributed by atoms with Gasteiger partial charge in [-0.25, -0.2) is 0 Å². The summed E-state index contributed by atoms with van der Waals surface area (Å²) in [5.74, 6) is -0.628. The van der Waals surface area contributed by atoms with Gasteiger partial charge in [-0.05, 0) is 19.3 Å². The predicted molar refractivity (Wildman–Crippen MR) is 61.8 cm³/mol. The standard InChI is InChI=1S/C13H22O3/c1-2-3-4-5-6-7-8-12(14)16-13(15)11-9-10-11/h11H,2-10H2,1H3. The van der Waals surface area contributed by atoms with Crippen LogP contribution < -0.4 is 0 Å². The first kappa shape index (κ1) is 13.2. The number of unbranched alkanes of at least 4 members (excludes halogenated alkanes) is 5. The van der Waals surface area contributed by atoms with Crippen LogP contribution in [0, 0.1) is 5.92 Å². The topological polar surface area (TPSA) is 43.4 Å². The summed E-state index contributed by atoms with van der Waals surface area (Å²) in [4.78, 5) is 22.4. The Kier molecular flexibility index (Phi) is 6.12.